The van der Waals surface area contributed by atoms with Crippen LogP contribution in [-0.2, 0) is 0 Å². The molecule has 0 spiro atoms. The zero-order valence-corrected chi connectivity index (χ0v) is 13.1. The van der Waals surface area contributed by atoms with Crippen LogP contribution in [0.25, 0.3) is 10.9 Å². The number of halogens is 2. The van der Waals surface area contributed by atoms with E-state index in [2.05, 4.69) is 4.90 Å². The van der Waals surface area contributed by atoms with E-state index in [1.165, 1.54) is 6.20 Å². The molecule has 1 aliphatic rings. The van der Waals surface area contributed by atoms with Crippen molar-refractivity contribution in [2.24, 2.45) is 0 Å². The number of rotatable bonds is 1. The maximum absolute atomic E-state index is 13.6. The molecule has 24 heavy (non-hydrogen) atoms. The SMILES string of the molecule is CN1CCN(C(=O)n2cc(C=O)c(=N)c3cc(F)c(F)cc32)CC1. The third-order valence-electron chi connectivity index (χ3n) is 4.23. The second-order valence-corrected chi connectivity index (χ2v) is 5.80. The number of carbonyl (C=O) groups excluding carboxylic acids is 2. The minimum atomic E-state index is -1.13. The predicted molar refractivity (Wildman–Crippen MR) is 83.0 cm³/mol. The summed E-state index contributed by atoms with van der Waals surface area (Å²) in [4.78, 5) is 27.6. The van der Waals surface area contributed by atoms with Crippen molar-refractivity contribution in [1.29, 1.82) is 5.41 Å². The van der Waals surface area contributed by atoms with Crippen LogP contribution < -0.4 is 5.36 Å². The molecular weight excluding hydrogens is 318 g/mol. The summed E-state index contributed by atoms with van der Waals surface area (Å²) in [5.74, 6) is -2.24. The molecule has 0 bridgehead atoms. The summed E-state index contributed by atoms with van der Waals surface area (Å²) in [7, 11) is 1.95. The van der Waals surface area contributed by atoms with Crippen LogP contribution in [0.1, 0.15) is 10.4 Å². The third kappa shape index (κ3) is 2.69. The van der Waals surface area contributed by atoms with Gasteiger partial charge in [-0.05, 0) is 13.1 Å². The minimum Gasteiger partial charge on any atom is -0.321 e. The van der Waals surface area contributed by atoms with Crippen LogP contribution in [0.5, 0.6) is 0 Å². The second-order valence-electron chi connectivity index (χ2n) is 5.80. The smallest absolute Gasteiger partial charge is 0.321 e. The molecular formula is C16H16F2N4O2. The lowest BCUT2D eigenvalue weighted by Crippen LogP contribution is -2.48. The largest absolute Gasteiger partial charge is 0.328 e. The molecule has 0 radical (unpaired) electrons. The summed E-state index contributed by atoms with van der Waals surface area (Å²) in [6.45, 7) is 2.38. The first kappa shape index (κ1) is 16.3. The van der Waals surface area contributed by atoms with Gasteiger partial charge in [0.2, 0.25) is 0 Å². The van der Waals surface area contributed by atoms with E-state index < -0.39 is 17.7 Å². The average Bonchev–Trinajstić information content (AvgIpc) is 2.57. The fourth-order valence-corrected chi connectivity index (χ4v) is 2.76. The highest BCUT2D eigenvalue weighted by Gasteiger charge is 2.22. The van der Waals surface area contributed by atoms with E-state index in [4.69, 9.17) is 5.41 Å². The molecule has 1 saturated heterocycles. The van der Waals surface area contributed by atoms with Crippen molar-refractivity contribution in [3.8, 4) is 0 Å². The molecule has 1 aromatic heterocycles. The fraction of sp³-hybridized carbons (Fsp3) is 0.312. The third-order valence-corrected chi connectivity index (χ3v) is 4.23. The molecule has 1 fully saturated rings. The minimum absolute atomic E-state index is 0.0148. The van der Waals surface area contributed by atoms with Crippen LogP contribution in [0.3, 0.4) is 0 Å². The van der Waals surface area contributed by atoms with Crippen molar-refractivity contribution >= 4 is 23.2 Å². The van der Waals surface area contributed by atoms with E-state index in [0.717, 1.165) is 16.7 Å². The maximum atomic E-state index is 13.6. The van der Waals surface area contributed by atoms with Crippen molar-refractivity contribution in [2.45, 2.75) is 0 Å². The van der Waals surface area contributed by atoms with Gasteiger partial charge in [-0.1, -0.05) is 0 Å². The Morgan fingerprint density at radius 2 is 1.79 bits per heavy atom. The second kappa shape index (κ2) is 6.12. The van der Waals surface area contributed by atoms with E-state index in [0.29, 0.717) is 32.5 Å². The lowest BCUT2D eigenvalue weighted by Gasteiger charge is -2.33. The number of pyridine rings is 1. The lowest BCUT2D eigenvalue weighted by molar-refractivity contribution is 0.112. The maximum Gasteiger partial charge on any atom is 0.328 e. The summed E-state index contributed by atoms with van der Waals surface area (Å²) < 4.78 is 28.3. The Morgan fingerprint density at radius 1 is 1.17 bits per heavy atom. The molecule has 3 rings (SSSR count). The fourth-order valence-electron chi connectivity index (χ4n) is 2.76. The molecule has 8 heteroatoms. The van der Waals surface area contributed by atoms with Gasteiger partial charge in [-0.15, -0.1) is 0 Å². The molecule has 2 aromatic rings. The van der Waals surface area contributed by atoms with Crippen LogP contribution >= 0.6 is 0 Å². The van der Waals surface area contributed by atoms with Crippen LogP contribution in [0, 0.1) is 17.0 Å². The van der Waals surface area contributed by atoms with Gasteiger partial charge in [0.05, 0.1) is 16.4 Å². The van der Waals surface area contributed by atoms with E-state index in [1.807, 2.05) is 7.05 Å². The molecule has 0 aliphatic carbocycles. The zero-order chi connectivity index (χ0) is 17.4. The number of carbonyl (C=O) groups is 2. The van der Waals surface area contributed by atoms with Gasteiger partial charge in [-0.2, -0.15) is 0 Å². The van der Waals surface area contributed by atoms with E-state index in [-0.39, 0.29) is 21.8 Å². The van der Waals surface area contributed by atoms with Gasteiger partial charge >= 0.3 is 6.03 Å². The molecule has 0 unspecified atom stereocenters. The van der Waals surface area contributed by atoms with Gasteiger partial charge in [-0.3, -0.25) is 14.8 Å². The van der Waals surface area contributed by atoms with Crippen LogP contribution in [0.15, 0.2) is 18.3 Å². The summed E-state index contributed by atoms with van der Waals surface area (Å²) >= 11 is 0. The highest BCUT2D eigenvalue weighted by molar-refractivity contribution is 5.93. The Balaban J connectivity index is 2.17. The summed E-state index contributed by atoms with van der Waals surface area (Å²) in [6, 6.07) is 1.29. The number of aromatic nitrogens is 1. The molecule has 0 atom stereocenters. The average molecular weight is 334 g/mol. The lowest BCUT2D eigenvalue weighted by atomic mass is 10.1. The number of nitrogens with zero attached hydrogens (tertiary/aromatic N) is 3. The number of likely N-dealkylation sites (N-methyl/N-ethyl adjacent to an activating group) is 1. The quantitative estimate of drug-likeness (QED) is 0.802. The molecule has 2 heterocycles. The highest BCUT2D eigenvalue weighted by atomic mass is 19.2. The predicted octanol–water partition coefficient (Wildman–Crippen LogP) is 1.43. The number of hydrogen-bond donors (Lipinski definition) is 1. The van der Waals surface area contributed by atoms with Gasteiger partial charge in [0.15, 0.2) is 17.9 Å². The van der Waals surface area contributed by atoms with E-state index >= 15 is 0 Å². The normalized spacial score (nSPS) is 15.7. The summed E-state index contributed by atoms with van der Waals surface area (Å²) in [5.41, 5.74) is 0.00409. The topological polar surface area (TPSA) is 69.4 Å². The number of hydrogen-bond acceptors (Lipinski definition) is 4. The van der Waals surface area contributed by atoms with Crippen LogP contribution in [0.4, 0.5) is 13.6 Å². The molecule has 1 aliphatic heterocycles. The number of aldehydes is 1. The first-order chi connectivity index (χ1) is 11.4. The van der Waals surface area contributed by atoms with Crippen molar-refractivity contribution in [3.05, 3.63) is 40.9 Å². The first-order valence-electron chi connectivity index (χ1n) is 7.44. The van der Waals surface area contributed by atoms with Gasteiger partial charge in [0, 0.05) is 43.8 Å². The van der Waals surface area contributed by atoms with Gasteiger partial charge in [0.25, 0.3) is 0 Å². The molecule has 126 valence electrons. The number of nitrogens with one attached hydrogen (secondary N) is 1. The first-order valence-corrected chi connectivity index (χ1v) is 7.44. The van der Waals surface area contributed by atoms with Gasteiger partial charge in [0.1, 0.15) is 0 Å². The number of amides is 1. The van der Waals surface area contributed by atoms with Crippen LogP contribution in [-0.4, -0.2) is 59.9 Å². The Labute approximate surface area is 136 Å². The van der Waals surface area contributed by atoms with Crippen molar-refractivity contribution in [2.75, 3.05) is 33.2 Å². The summed E-state index contributed by atoms with van der Waals surface area (Å²) in [5, 5.41) is 7.73. The summed E-state index contributed by atoms with van der Waals surface area (Å²) in [6.07, 6.45) is 1.63. The Kier molecular flexibility index (Phi) is 4.15. The Bertz CT molecular complexity index is 886. The Morgan fingerprint density at radius 3 is 2.42 bits per heavy atom. The van der Waals surface area contributed by atoms with Crippen molar-refractivity contribution in [3.63, 3.8) is 0 Å². The van der Waals surface area contributed by atoms with Crippen LogP contribution in [0.2, 0.25) is 0 Å². The van der Waals surface area contributed by atoms with E-state index in [9.17, 15) is 18.4 Å². The molecule has 1 aromatic carbocycles. The number of piperazine rings is 1. The molecule has 1 amide bonds. The van der Waals surface area contributed by atoms with E-state index in [1.54, 1.807) is 4.90 Å². The number of fused-ring (bicyclic) bond motifs is 1. The molecule has 6 nitrogen and oxygen atoms in total. The highest BCUT2D eigenvalue weighted by Crippen LogP contribution is 2.18. The zero-order valence-electron chi connectivity index (χ0n) is 13.1. The molecule has 1 N–H and O–H groups in total. The van der Waals surface area contributed by atoms with Gasteiger partial charge in [-0.25, -0.2) is 13.6 Å². The number of benzene rings is 1. The van der Waals surface area contributed by atoms with Gasteiger partial charge < -0.3 is 9.80 Å². The van der Waals surface area contributed by atoms with Crippen molar-refractivity contribution < 1.29 is 18.4 Å². The Hall–Kier alpha value is -2.61. The monoisotopic (exact) mass is 334 g/mol. The standard InChI is InChI=1S/C16H16F2N4O2/c1-20-2-4-21(5-3-20)16(24)22-8-10(9-23)15(19)11-6-12(17)13(18)7-14(11)22/h6-9,19H,2-5H2,1H3. The van der Waals surface area contributed by atoms with Crippen molar-refractivity contribution in [1.82, 2.24) is 14.4 Å². The molecule has 0 saturated carbocycles.